The van der Waals surface area contributed by atoms with Crippen LogP contribution in [0.25, 0.3) is 0 Å². The van der Waals surface area contributed by atoms with Crippen molar-refractivity contribution in [2.45, 2.75) is 58.7 Å². The van der Waals surface area contributed by atoms with E-state index in [0.717, 1.165) is 12.3 Å². The Balaban J connectivity index is 2.34. The SMILES string of the molecule is C=CCCC(C)NC1CN(C(C)C)CC1C. The van der Waals surface area contributed by atoms with E-state index in [-0.39, 0.29) is 0 Å². The summed E-state index contributed by atoms with van der Waals surface area (Å²) in [6.45, 7) is 15.4. The molecular weight excluding hydrogens is 196 g/mol. The van der Waals surface area contributed by atoms with E-state index in [1.165, 1.54) is 19.5 Å². The highest BCUT2D eigenvalue weighted by Crippen LogP contribution is 2.19. The summed E-state index contributed by atoms with van der Waals surface area (Å²) in [7, 11) is 0. The molecule has 2 heteroatoms. The number of hydrogen-bond donors (Lipinski definition) is 1. The van der Waals surface area contributed by atoms with Crippen LogP contribution >= 0.6 is 0 Å². The highest BCUT2D eigenvalue weighted by molar-refractivity contribution is 4.89. The molecule has 0 amide bonds. The normalized spacial score (nSPS) is 28.6. The summed E-state index contributed by atoms with van der Waals surface area (Å²) in [6.07, 6.45) is 4.33. The van der Waals surface area contributed by atoms with E-state index in [1.807, 2.05) is 6.08 Å². The van der Waals surface area contributed by atoms with E-state index in [2.05, 4.69) is 44.5 Å². The lowest BCUT2D eigenvalue weighted by atomic mass is 10.0. The zero-order chi connectivity index (χ0) is 12.1. The zero-order valence-corrected chi connectivity index (χ0v) is 11.4. The van der Waals surface area contributed by atoms with Gasteiger partial charge in [-0.15, -0.1) is 6.58 Å². The predicted molar refractivity (Wildman–Crippen MR) is 71.7 cm³/mol. The Morgan fingerprint density at radius 2 is 2.06 bits per heavy atom. The average Bonchev–Trinajstić information content (AvgIpc) is 2.57. The number of nitrogens with one attached hydrogen (secondary N) is 1. The van der Waals surface area contributed by atoms with Crippen molar-refractivity contribution in [3.63, 3.8) is 0 Å². The van der Waals surface area contributed by atoms with Gasteiger partial charge in [0.05, 0.1) is 0 Å². The van der Waals surface area contributed by atoms with Crippen molar-refractivity contribution in [2.75, 3.05) is 13.1 Å². The van der Waals surface area contributed by atoms with Crippen LogP contribution in [-0.4, -0.2) is 36.1 Å². The van der Waals surface area contributed by atoms with Crippen molar-refractivity contribution in [1.29, 1.82) is 0 Å². The first kappa shape index (κ1) is 13.7. The predicted octanol–water partition coefficient (Wildman–Crippen LogP) is 2.66. The first-order chi connectivity index (χ1) is 7.54. The monoisotopic (exact) mass is 224 g/mol. The largest absolute Gasteiger partial charge is 0.310 e. The van der Waals surface area contributed by atoms with Crippen molar-refractivity contribution in [3.05, 3.63) is 12.7 Å². The minimum atomic E-state index is 0.609. The van der Waals surface area contributed by atoms with Crippen LogP contribution in [0.15, 0.2) is 12.7 Å². The van der Waals surface area contributed by atoms with Gasteiger partial charge in [-0.25, -0.2) is 0 Å². The quantitative estimate of drug-likeness (QED) is 0.698. The van der Waals surface area contributed by atoms with Gasteiger partial charge in [0.2, 0.25) is 0 Å². The van der Waals surface area contributed by atoms with Crippen LogP contribution in [0, 0.1) is 5.92 Å². The van der Waals surface area contributed by atoms with Gasteiger partial charge in [-0.3, -0.25) is 4.90 Å². The molecule has 0 spiro atoms. The van der Waals surface area contributed by atoms with Crippen molar-refractivity contribution in [1.82, 2.24) is 10.2 Å². The van der Waals surface area contributed by atoms with Crippen LogP contribution in [0.5, 0.6) is 0 Å². The van der Waals surface area contributed by atoms with Crippen LogP contribution in [0.1, 0.15) is 40.5 Å². The number of likely N-dealkylation sites (tertiary alicyclic amines) is 1. The second-order valence-electron chi connectivity index (χ2n) is 5.57. The minimum absolute atomic E-state index is 0.609. The molecule has 16 heavy (non-hydrogen) atoms. The molecule has 1 fully saturated rings. The molecule has 0 bridgehead atoms. The number of allylic oxidation sites excluding steroid dienone is 1. The standard InChI is InChI=1S/C14H28N2/c1-6-7-8-13(5)15-14-10-16(11(2)3)9-12(14)4/h6,11-15H,1,7-10H2,2-5H3. The van der Waals surface area contributed by atoms with Crippen LogP contribution < -0.4 is 5.32 Å². The number of rotatable bonds is 6. The van der Waals surface area contributed by atoms with Crippen LogP contribution in [-0.2, 0) is 0 Å². The van der Waals surface area contributed by atoms with Crippen LogP contribution in [0.4, 0.5) is 0 Å². The molecule has 2 nitrogen and oxygen atoms in total. The van der Waals surface area contributed by atoms with Crippen molar-refractivity contribution in [3.8, 4) is 0 Å². The molecule has 1 heterocycles. The average molecular weight is 224 g/mol. The molecule has 1 saturated heterocycles. The molecule has 1 rings (SSSR count). The Morgan fingerprint density at radius 1 is 1.38 bits per heavy atom. The third-order valence-corrected chi connectivity index (χ3v) is 3.67. The fraction of sp³-hybridized carbons (Fsp3) is 0.857. The highest BCUT2D eigenvalue weighted by Gasteiger charge is 2.31. The summed E-state index contributed by atoms with van der Waals surface area (Å²) in [5.74, 6) is 0.772. The lowest BCUT2D eigenvalue weighted by Gasteiger charge is -2.23. The van der Waals surface area contributed by atoms with Gasteiger partial charge in [-0.1, -0.05) is 13.0 Å². The molecule has 1 aliphatic heterocycles. The molecule has 1 N–H and O–H groups in total. The van der Waals surface area contributed by atoms with Gasteiger partial charge in [-0.05, 0) is 39.5 Å². The van der Waals surface area contributed by atoms with Gasteiger partial charge < -0.3 is 5.32 Å². The molecule has 3 unspecified atom stereocenters. The lowest BCUT2D eigenvalue weighted by Crippen LogP contribution is -2.41. The Morgan fingerprint density at radius 3 is 2.56 bits per heavy atom. The number of hydrogen-bond acceptors (Lipinski definition) is 2. The highest BCUT2D eigenvalue weighted by atomic mass is 15.2. The Bertz CT molecular complexity index is 213. The van der Waals surface area contributed by atoms with E-state index in [0.29, 0.717) is 18.1 Å². The summed E-state index contributed by atoms with van der Waals surface area (Å²) in [5.41, 5.74) is 0. The molecule has 0 aromatic heterocycles. The number of nitrogens with zero attached hydrogens (tertiary/aromatic N) is 1. The first-order valence-corrected chi connectivity index (χ1v) is 6.65. The minimum Gasteiger partial charge on any atom is -0.310 e. The maximum Gasteiger partial charge on any atom is 0.0235 e. The zero-order valence-electron chi connectivity index (χ0n) is 11.4. The fourth-order valence-corrected chi connectivity index (χ4v) is 2.46. The van der Waals surface area contributed by atoms with Gasteiger partial charge in [0, 0.05) is 31.2 Å². The first-order valence-electron chi connectivity index (χ1n) is 6.65. The molecule has 0 aromatic rings. The molecule has 0 aromatic carbocycles. The van der Waals surface area contributed by atoms with Crippen LogP contribution in [0.2, 0.25) is 0 Å². The van der Waals surface area contributed by atoms with Crippen LogP contribution in [0.3, 0.4) is 0 Å². The Kier molecular flexibility index (Phi) is 5.50. The van der Waals surface area contributed by atoms with Gasteiger partial charge >= 0.3 is 0 Å². The Hall–Kier alpha value is -0.340. The van der Waals surface area contributed by atoms with E-state index in [1.54, 1.807) is 0 Å². The Labute approximate surface area is 101 Å². The second-order valence-corrected chi connectivity index (χ2v) is 5.57. The molecule has 0 aliphatic carbocycles. The topological polar surface area (TPSA) is 15.3 Å². The van der Waals surface area contributed by atoms with Crippen molar-refractivity contribution < 1.29 is 0 Å². The summed E-state index contributed by atoms with van der Waals surface area (Å²) in [5, 5.41) is 3.76. The van der Waals surface area contributed by atoms with Crippen molar-refractivity contribution in [2.24, 2.45) is 5.92 Å². The third kappa shape index (κ3) is 3.91. The smallest absolute Gasteiger partial charge is 0.0235 e. The van der Waals surface area contributed by atoms with Gasteiger partial charge in [0.25, 0.3) is 0 Å². The molecular formula is C14H28N2. The van der Waals surface area contributed by atoms with Crippen molar-refractivity contribution >= 4 is 0 Å². The van der Waals surface area contributed by atoms with Gasteiger partial charge in [0.1, 0.15) is 0 Å². The summed E-state index contributed by atoms with van der Waals surface area (Å²) in [4.78, 5) is 2.57. The third-order valence-electron chi connectivity index (χ3n) is 3.67. The van der Waals surface area contributed by atoms with E-state index >= 15 is 0 Å². The second kappa shape index (κ2) is 6.41. The van der Waals surface area contributed by atoms with Gasteiger partial charge in [0.15, 0.2) is 0 Å². The maximum atomic E-state index is 3.78. The van der Waals surface area contributed by atoms with Gasteiger partial charge in [-0.2, -0.15) is 0 Å². The molecule has 3 atom stereocenters. The molecule has 0 radical (unpaired) electrons. The summed E-state index contributed by atoms with van der Waals surface area (Å²) >= 11 is 0. The molecule has 0 saturated carbocycles. The molecule has 94 valence electrons. The van der Waals surface area contributed by atoms with E-state index < -0.39 is 0 Å². The lowest BCUT2D eigenvalue weighted by molar-refractivity contribution is 0.262. The summed E-state index contributed by atoms with van der Waals surface area (Å²) < 4.78 is 0. The fourth-order valence-electron chi connectivity index (χ4n) is 2.46. The molecule has 1 aliphatic rings. The van der Waals surface area contributed by atoms with E-state index in [4.69, 9.17) is 0 Å². The maximum absolute atomic E-state index is 3.78. The summed E-state index contributed by atoms with van der Waals surface area (Å²) in [6, 6.07) is 1.96. The van der Waals surface area contributed by atoms with E-state index in [9.17, 15) is 0 Å².